The van der Waals surface area contributed by atoms with Crippen molar-refractivity contribution in [3.63, 3.8) is 0 Å². The molecule has 3 heteroatoms. The highest BCUT2D eigenvalue weighted by atomic mass is 16.5. The van der Waals surface area contributed by atoms with Crippen LogP contribution in [0.25, 0.3) is 0 Å². The molecule has 98 valence electrons. The van der Waals surface area contributed by atoms with Gasteiger partial charge in [-0.15, -0.1) is 0 Å². The van der Waals surface area contributed by atoms with Crippen molar-refractivity contribution in [2.45, 2.75) is 26.4 Å². The van der Waals surface area contributed by atoms with Crippen molar-refractivity contribution in [2.75, 3.05) is 20.6 Å². The Bertz CT molecular complexity index is 454. The first-order valence-corrected chi connectivity index (χ1v) is 6.46. The highest BCUT2D eigenvalue weighted by Crippen LogP contribution is 2.29. The molecular formula is C15H21NO2. The second-order valence-corrected chi connectivity index (χ2v) is 5.48. The number of fused-ring (bicyclic) bond motifs is 1. The largest absolute Gasteiger partial charge is 0.489 e. The fourth-order valence-corrected chi connectivity index (χ4v) is 2.51. The van der Waals surface area contributed by atoms with E-state index in [-0.39, 0.29) is 17.8 Å². The number of nitrogens with zero attached hydrogens (tertiary/aromatic N) is 1. The summed E-state index contributed by atoms with van der Waals surface area (Å²) in [5.74, 6) is 1.16. The van der Waals surface area contributed by atoms with Crippen molar-refractivity contribution < 1.29 is 9.53 Å². The zero-order valence-corrected chi connectivity index (χ0v) is 11.6. The summed E-state index contributed by atoms with van der Waals surface area (Å²) in [6.07, 6.45) is 0.980. The number of likely N-dealkylation sites (N-methyl/N-ethyl adjacent to an activating group) is 1. The minimum Gasteiger partial charge on any atom is -0.489 e. The topological polar surface area (TPSA) is 29.5 Å². The van der Waals surface area contributed by atoms with Crippen molar-refractivity contribution in [1.29, 1.82) is 0 Å². The smallest absolute Gasteiger partial charge is 0.166 e. The summed E-state index contributed by atoms with van der Waals surface area (Å²) < 4.78 is 5.84. The molecule has 0 aromatic heterocycles. The van der Waals surface area contributed by atoms with Gasteiger partial charge in [0.2, 0.25) is 0 Å². The molecule has 0 amide bonds. The Kier molecular flexibility index (Phi) is 3.71. The first kappa shape index (κ1) is 13.1. The van der Waals surface area contributed by atoms with E-state index in [1.165, 1.54) is 0 Å². The third kappa shape index (κ3) is 2.72. The van der Waals surface area contributed by atoms with Gasteiger partial charge in [-0.05, 0) is 45.1 Å². The van der Waals surface area contributed by atoms with E-state index < -0.39 is 0 Å². The molecule has 2 rings (SSSR count). The molecule has 18 heavy (non-hydrogen) atoms. The third-order valence-electron chi connectivity index (χ3n) is 3.28. The maximum atomic E-state index is 11.9. The summed E-state index contributed by atoms with van der Waals surface area (Å²) in [7, 11) is 4.04. The van der Waals surface area contributed by atoms with Gasteiger partial charge in [-0.1, -0.05) is 13.0 Å². The molecule has 0 bridgehead atoms. The molecule has 0 heterocycles. The molecule has 0 fully saturated rings. The summed E-state index contributed by atoms with van der Waals surface area (Å²) in [6.45, 7) is 4.89. The molecule has 0 unspecified atom stereocenters. The van der Waals surface area contributed by atoms with Crippen LogP contribution < -0.4 is 4.74 Å². The number of carbonyl (C=O) groups excluding carboxylic acids is 1. The van der Waals surface area contributed by atoms with Crippen LogP contribution in [-0.2, 0) is 6.42 Å². The number of ketones is 1. The van der Waals surface area contributed by atoms with E-state index in [0.29, 0.717) is 0 Å². The normalized spacial score (nSPS) is 20.1. The summed E-state index contributed by atoms with van der Waals surface area (Å²) >= 11 is 0. The fraction of sp³-hybridized carbons (Fsp3) is 0.533. The van der Waals surface area contributed by atoms with Gasteiger partial charge in [0.15, 0.2) is 5.78 Å². The average molecular weight is 247 g/mol. The second kappa shape index (κ2) is 5.11. The van der Waals surface area contributed by atoms with Crippen LogP contribution in [0.4, 0.5) is 0 Å². The molecule has 1 aliphatic rings. The molecule has 0 saturated carbocycles. The van der Waals surface area contributed by atoms with Crippen LogP contribution in [0, 0.1) is 5.92 Å². The summed E-state index contributed by atoms with van der Waals surface area (Å²) in [5, 5.41) is 0. The maximum absolute atomic E-state index is 11.9. The minimum absolute atomic E-state index is 0.118. The summed E-state index contributed by atoms with van der Waals surface area (Å²) in [6, 6.07) is 5.89. The SMILES string of the molecule is C[C@@H]1Cc2ccc(O[C@@H](C)CN(C)C)cc2C1=O. The molecule has 0 spiro atoms. The van der Waals surface area contributed by atoms with Crippen molar-refractivity contribution in [3.8, 4) is 5.75 Å². The van der Waals surface area contributed by atoms with E-state index in [1.54, 1.807) is 0 Å². The van der Waals surface area contributed by atoms with Gasteiger partial charge in [-0.3, -0.25) is 4.79 Å². The van der Waals surface area contributed by atoms with E-state index in [1.807, 2.05) is 46.1 Å². The van der Waals surface area contributed by atoms with Crippen LogP contribution in [0.3, 0.4) is 0 Å². The lowest BCUT2D eigenvalue weighted by Crippen LogP contribution is -2.28. The Morgan fingerprint density at radius 2 is 2.17 bits per heavy atom. The molecule has 3 nitrogen and oxygen atoms in total. The lowest BCUT2D eigenvalue weighted by Gasteiger charge is -2.19. The predicted octanol–water partition coefficient (Wildman–Crippen LogP) is 2.39. The Morgan fingerprint density at radius 3 is 2.83 bits per heavy atom. The van der Waals surface area contributed by atoms with E-state index in [9.17, 15) is 4.79 Å². The van der Waals surface area contributed by atoms with Gasteiger partial charge in [0.1, 0.15) is 11.9 Å². The standard InChI is InChI=1S/C15H21NO2/c1-10-7-12-5-6-13(8-14(12)15(10)17)18-11(2)9-16(3)4/h5-6,8,10-11H,7,9H2,1-4H3/t10-,11+/m1/s1. The van der Waals surface area contributed by atoms with Gasteiger partial charge in [0.25, 0.3) is 0 Å². The number of rotatable bonds is 4. The van der Waals surface area contributed by atoms with Crippen molar-refractivity contribution in [1.82, 2.24) is 4.90 Å². The highest BCUT2D eigenvalue weighted by Gasteiger charge is 2.27. The highest BCUT2D eigenvalue weighted by molar-refractivity contribution is 6.02. The van der Waals surface area contributed by atoms with Crippen molar-refractivity contribution in [2.24, 2.45) is 5.92 Å². The number of benzene rings is 1. The number of Topliss-reactive ketones (excluding diaryl/α,β-unsaturated/α-hetero) is 1. The van der Waals surface area contributed by atoms with E-state index in [0.717, 1.165) is 29.8 Å². The molecule has 1 aromatic rings. The Balaban J connectivity index is 2.11. The molecule has 1 aromatic carbocycles. The molecule has 0 radical (unpaired) electrons. The Hall–Kier alpha value is -1.35. The van der Waals surface area contributed by atoms with Crippen LogP contribution in [0.15, 0.2) is 18.2 Å². The summed E-state index contributed by atoms with van der Waals surface area (Å²) in [5.41, 5.74) is 2.00. The summed E-state index contributed by atoms with van der Waals surface area (Å²) in [4.78, 5) is 14.0. The third-order valence-corrected chi connectivity index (χ3v) is 3.28. The van der Waals surface area contributed by atoms with Crippen molar-refractivity contribution >= 4 is 5.78 Å². The molecule has 2 atom stereocenters. The van der Waals surface area contributed by atoms with Crippen LogP contribution in [0.5, 0.6) is 5.75 Å². The fourth-order valence-electron chi connectivity index (χ4n) is 2.51. The molecular weight excluding hydrogens is 226 g/mol. The van der Waals surface area contributed by atoms with Gasteiger partial charge in [0, 0.05) is 18.0 Å². The monoisotopic (exact) mass is 247 g/mol. The van der Waals surface area contributed by atoms with E-state index >= 15 is 0 Å². The van der Waals surface area contributed by atoms with Gasteiger partial charge >= 0.3 is 0 Å². The van der Waals surface area contributed by atoms with Gasteiger partial charge in [-0.25, -0.2) is 0 Å². The van der Waals surface area contributed by atoms with Crippen LogP contribution >= 0.6 is 0 Å². The number of carbonyl (C=O) groups is 1. The number of hydrogen-bond donors (Lipinski definition) is 0. The molecule has 0 saturated heterocycles. The first-order valence-electron chi connectivity index (χ1n) is 6.46. The van der Waals surface area contributed by atoms with Gasteiger partial charge in [0.05, 0.1) is 0 Å². The van der Waals surface area contributed by atoms with Crippen LogP contribution in [0.1, 0.15) is 29.8 Å². The average Bonchev–Trinajstić information content (AvgIpc) is 2.54. The second-order valence-electron chi connectivity index (χ2n) is 5.48. The molecule has 0 N–H and O–H groups in total. The van der Waals surface area contributed by atoms with Gasteiger partial charge in [-0.2, -0.15) is 0 Å². The lowest BCUT2D eigenvalue weighted by atomic mass is 10.1. The van der Waals surface area contributed by atoms with Crippen molar-refractivity contribution in [3.05, 3.63) is 29.3 Å². The number of hydrogen-bond acceptors (Lipinski definition) is 3. The van der Waals surface area contributed by atoms with E-state index in [4.69, 9.17) is 4.74 Å². The van der Waals surface area contributed by atoms with Gasteiger partial charge < -0.3 is 9.64 Å². The zero-order chi connectivity index (χ0) is 13.3. The minimum atomic E-state index is 0.118. The molecule has 1 aliphatic carbocycles. The maximum Gasteiger partial charge on any atom is 0.166 e. The van der Waals surface area contributed by atoms with E-state index in [2.05, 4.69) is 4.90 Å². The first-order chi connectivity index (χ1) is 8.47. The predicted molar refractivity (Wildman–Crippen MR) is 72.3 cm³/mol. The Labute approximate surface area is 109 Å². The number of ether oxygens (including phenoxy) is 1. The quantitative estimate of drug-likeness (QED) is 0.818. The molecule has 0 aliphatic heterocycles. The van der Waals surface area contributed by atoms with Crippen LogP contribution in [-0.4, -0.2) is 37.4 Å². The van der Waals surface area contributed by atoms with Crippen LogP contribution in [0.2, 0.25) is 0 Å². The Morgan fingerprint density at radius 1 is 1.44 bits per heavy atom. The lowest BCUT2D eigenvalue weighted by molar-refractivity contribution is 0.0945. The zero-order valence-electron chi connectivity index (χ0n) is 11.6.